The zero-order valence-corrected chi connectivity index (χ0v) is 13.8. The molecule has 0 spiro atoms. The van der Waals surface area contributed by atoms with Crippen molar-refractivity contribution in [2.45, 2.75) is 38.0 Å². The highest BCUT2D eigenvalue weighted by Gasteiger charge is 2.36. The second-order valence-corrected chi connectivity index (χ2v) is 6.88. The van der Waals surface area contributed by atoms with E-state index >= 15 is 0 Å². The number of fused-ring (bicyclic) bond motifs is 1. The summed E-state index contributed by atoms with van der Waals surface area (Å²) in [5.74, 6) is 0.150. The van der Waals surface area contributed by atoms with Crippen LogP contribution in [0.25, 0.3) is 10.9 Å². The number of hydrogen-bond acceptors (Lipinski definition) is 3. The highest BCUT2D eigenvalue weighted by atomic mass is 35.5. The van der Waals surface area contributed by atoms with Gasteiger partial charge in [0.05, 0.1) is 24.2 Å². The van der Waals surface area contributed by atoms with E-state index in [-0.39, 0.29) is 28.6 Å². The minimum atomic E-state index is -4.71. The van der Waals surface area contributed by atoms with Crippen LogP contribution in [-0.4, -0.2) is 28.2 Å². The summed E-state index contributed by atoms with van der Waals surface area (Å²) >= 11 is 5.94. The SMILES string of the molecule is Fc1cc(C(F)(F)F)c2c(c1)c(Cl)nn2CC1=NCC(C2CCC2)N1. The highest BCUT2D eigenvalue weighted by Crippen LogP contribution is 2.38. The molecular weight excluding hydrogens is 360 g/mol. The maximum Gasteiger partial charge on any atom is 0.418 e. The Labute approximate surface area is 145 Å². The van der Waals surface area contributed by atoms with Gasteiger partial charge in [0.2, 0.25) is 0 Å². The van der Waals surface area contributed by atoms with Crippen molar-refractivity contribution in [3.05, 3.63) is 28.7 Å². The molecule has 25 heavy (non-hydrogen) atoms. The standard InChI is InChI=1S/C16H15ClF4N4/c17-15-10-4-9(18)5-11(16(19,20)21)14(10)25(24-15)7-13-22-6-12(23-13)8-2-1-3-8/h4-5,8,12H,1-3,6-7H2,(H,22,23). The van der Waals surface area contributed by atoms with Crippen molar-refractivity contribution >= 4 is 28.3 Å². The van der Waals surface area contributed by atoms with Gasteiger partial charge < -0.3 is 5.32 Å². The van der Waals surface area contributed by atoms with Gasteiger partial charge in [0.25, 0.3) is 0 Å². The topological polar surface area (TPSA) is 42.2 Å². The molecule has 1 atom stereocenters. The Morgan fingerprint density at radius 3 is 2.68 bits per heavy atom. The number of aromatic nitrogens is 2. The molecule has 0 amide bonds. The van der Waals surface area contributed by atoms with Crippen molar-refractivity contribution in [1.29, 1.82) is 0 Å². The third-order valence-corrected chi connectivity index (χ3v) is 5.20. The summed E-state index contributed by atoms with van der Waals surface area (Å²) in [4.78, 5) is 4.39. The predicted molar refractivity (Wildman–Crippen MR) is 86.3 cm³/mol. The summed E-state index contributed by atoms with van der Waals surface area (Å²) in [5, 5.41) is 7.03. The lowest BCUT2D eigenvalue weighted by Crippen LogP contribution is -2.41. The lowest BCUT2D eigenvalue weighted by atomic mass is 9.80. The Morgan fingerprint density at radius 1 is 1.28 bits per heavy atom. The summed E-state index contributed by atoms with van der Waals surface area (Å²) in [6.07, 6.45) is -1.21. The van der Waals surface area contributed by atoms with Crippen LogP contribution in [0.2, 0.25) is 5.15 Å². The first-order chi connectivity index (χ1) is 11.8. The van der Waals surface area contributed by atoms with Crippen LogP contribution >= 0.6 is 11.6 Å². The second kappa shape index (κ2) is 5.86. The second-order valence-electron chi connectivity index (χ2n) is 6.52. The molecule has 1 unspecified atom stereocenters. The first kappa shape index (κ1) is 16.6. The number of benzene rings is 1. The van der Waals surface area contributed by atoms with Gasteiger partial charge in [-0.1, -0.05) is 18.0 Å². The lowest BCUT2D eigenvalue weighted by Gasteiger charge is -2.31. The van der Waals surface area contributed by atoms with Crippen molar-refractivity contribution in [3.8, 4) is 0 Å². The Balaban J connectivity index is 1.68. The van der Waals surface area contributed by atoms with Crippen molar-refractivity contribution in [2.75, 3.05) is 6.54 Å². The number of halogens is 5. The normalized spacial score (nSPS) is 21.3. The maximum atomic E-state index is 13.6. The van der Waals surface area contributed by atoms with Crippen molar-refractivity contribution < 1.29 is 17.6 Å². The van der Waals surface area contributed by atoms with E-state index in [4.69, 9.17) is 11.6 Å². The van der Waals surface area contributed by atoms with Gasteiger partial charge in [0.15, 0.2) is 5.15 Å². The molecule has 0 bridgehead atoms. The van der Waals surface area contributed by atoms with Gasteiger partial charge in [-0.15, -0.1) is 0 Å². The molecule has 2 aromatic rings. The van der Waals surface area contributed by atoms with Crippen LogP contribution in [0.4, 0.5) is 17.6 Å². The molecule has 1 aromatic carbocycles. The Hall–Kier alpha value is -1.83. The third-order valence-electron chi connectivity index (χ3n) is 4.92. The van der Waals surface area contributed by atoms with Crippen LogP contribution in [0.1, 0.15) is 24.8 Å². The molecule has 1 fully saturated rings. The molecule has 4 nitrogen and oxygen atoms in total. The van der Waals surface area contributed by atoms with Crippen LogP contribution in [0.15, 0.2) is 17.1 Å². The van der Waals surface area contributed by atoms with E-state index < -0.39 is 17.6 Å². The van der Waals surface area contributed by atoms with E-state index in [1.807, 2.05) is 0 Å². The minimum Gasteiger partial charge on any atom is -0.367 e. The van der Waals surface area contributed by atoms with Gasteiger partial charge in [-0.2, -0.15) is 18.3 Å². The third kappa shape index (κ3) is 2.96. The molecule has 4 rings (SSSR count). The zero-order valence-electron chi connectivity index (χ0n) is 13.1. The van der Waals surface area contributed by atoms with E-state index in [0.717, 1.165) is 23.6 Å². The number of amidine groups is 1. The molecule has 1 saturated carbocycles. The summed E-state index contributed by atoms with van der Waals surface area (Å²) in [6.45, 7) is 0.662. The molecule has 2 heterocycles. The molecule has 9 heteroatoms. The number of aliphatic imine (C=N–C) groups is 1. The van der Waals surface area contributed by atoms with E-state index in [1.165, 1.54) is 6.42 Å². The zero-order chi connectivity index (χ0) is 17.8. The van der Waals surface area contributed by atoms with Gasteiger partial charge in [-0.25, -0.2) is 4.39 Å². The van der Waals surface area contributed by atoms with Crippen LogP contribution in [0, 0.1) is 11.7 Å². The van der Waals surface area contributed by atoms with E-state index in [0.29, 0.717) is 24.4 Å². The van der Waals surface area contributed by atoms with Crippen molar-refractivity contribution in [1.82, 2.24) is 15.1 Å². The van der Waals surface area contributed by atoms with Crippen molar-refractivity contribution in [3.63, 3.8) is 0 Å². The smallest absolute Gasteiger partial charge is 0.367 e. The average Bonchev–Trinajstić information content (AvgIpc) is 3.02. The predicted octanol–water partition coefficient (Wildman–Crippen LogP) is 4.02. The van der Waals surface area contributed by atoms with Crippen LogP contribution in [0.5, 0.6) is 0 Å². The van der Waals surface area contributed by atoms with Gasteiger partial charge in [0, 0.05) is 11.4 Å². The summed E-state index contributed by atoms with van der Waals surface area (Å²) in [5.41, 5.74) is -1.31. The lowest BCUT2D eigenvalue weighted by molar-refractivity contribution is -0.136. The monoisotopic (exact) mass is 374 g/mol. The molecule has 0 radical (unpaired) electrons. The minimum absolute atomic E-state index is 0.0428. The number of hydrogen-bond donors (Lipinski definition) is 1. The molecule has 1 aliphatic carbocycles. The Bertz CT molecular complexity index is 854. The summed E-state index contributed by atoms with van der Waals surface area (Å²) in [6, 6.07) is 1.68. The number of nitrogens with zero attached hydrogens (tertiary/aromatic N) is 3. The quantitative estimate of drug-likeness (QED) is 0.825. The van der Waals surface area contributed by atoms with Crippen LogP contribution < -0.4 is 5.32 Å². The van der Waals surface area contributed by atoms with Gasteiger partial charge in [0.1, 0.15) is 11.7 Å². The van der Waals surface area contributed by atoms with Crippen LogP contribution in [-0.2, 0) is 12.7 Å². The molecule has 1 N–H and O–H groups in total. The fraction of sp³-hybridized carbons (Fsp3) is 0.500. The Morgan fingerprint density at radius 2 is 2.04 bits per heavy atom. The highest BCUT2D eigenvalue weighted by molar-refractivity contribution is 6.34. The Kier molecular flexibility index (Phi) is 3.90. The van der Waals surface area contributed by atoms with E-state index in [2.05, 4.69) is 15.4 Å². The molecule has 1 aromatic heterocycles. The first-order valence-electron chi connectivity index (χ1n) is 8.05. The number of alkyl halides is 3. The van der Waals surface area contributed by atoms with Crippen LogP contribution in [0.3, 0.4) is 0 Å². The fourth-order valence-electron chi connectivity index (χ4n) is 3.44. The average molecular weight is 375 g/mol. The molecular formula is C16H15ClF4N4. The first-order valence-corrected chi connectivity index (χ1v) is 8.43. The van der Waals surface area contributed by atoms with E-state index in [9.17, 15) is 17.6 Å². The van der Waals surface area contributed by atoms with Gasteiger partial charge in [-0.05, 0) is 30.9 Å². The number of nitrogens with one attached hydrogen (secondary N) is 1. The maximum absolute atomic E-state index is 13.6. The molecule has 134 valence electrons. The molecule has 0 saturated heterocycles. The van der Waals surface area contributed by atoms with Gasteiger partial charge >= 0.3 is 6.18 Å². The fourth-order valence-corrected chi connectivity index (χ4v) is 3.67. The number of rotatable bonds is 3. The molecule has 2 aliphatic rings. The largest absolute Gasteiger partial charge is 0.418 e. The van der Waals surface area contributed by atoms with Gasteiger partial charge in [-0.3, -0.25) is 9.67 Å². The van der Waals surface area contributed by atoms with Crippen molar-refractivity contribution in [2.24, 2.45) is 10.9 Å². The van der Waals surface area contributed by atoms with E-state index in [1.54, 1.807) is 0 Å². The summed E-state index contributed by atoms with van der Waals surface area (Å²) in [7, 11) is 0. The summed E-state index contributed by atoms with van der Waals surface area (Å²) < 4.78 is 54.7. The molecule has 1 aliphatic heterocycles.